The van der Waals surface area contributed by atoms with Crippen LogP contribution in [-0.4, -0.2) is 35.9 Å². The third kappa shape index (κ3) is 3.45. The van der Waals surface area contributed by atoms with Crippen molar-refractivity contribution in [1.29, 1.82) is 0 Å². The number of hydrogen-bond acceptors (Lipinski definition) is 3. The van der Waals surface area contributed by atoms with E-state index < -0.39 is 12.1 Å². The van der Waals surface area contributed by atoms with Crippen LogP contribution in [0.2, 0.25) is 0 Å². The van der Waals surface area contributed by atoms with Gasteiger partial charge in [0.05, 0.1) is 6.10 Å². The van der Waals surface area contributed by atoms with E-state index in [2.05, 4.69) is 19.2 Å². The van der Waals surface area contributed by atoms with Gasteiger partial charge in [0.25, 0.3) is 0 Å². The summed E-state index contributed by atoms with van der Waals surface area (Å²) in [6.07, 6.45) is 4.84. The molecule has 4 heteroatoms. The van der Waals surface area contributed by atoms with E-state index in [1.165, 1.54) is 19.3 Å². The third-order valence-corrected chi connectivity index (χ3v) is 4.42. The average Bonchev–Trinajstić information content (AvgIpc) is 2.76. The summed E-state index contributed by atoms with van der Waals surface area (Å²) in [5, 5.41) is 12.4. The molecule has 1 heterocycles. The number of carbonyl (C=O) groups is 1. The van der Waals surface area contributed by atoms with Crippen LogP contribution in [0.1, 0.15) is 46.0 Å². The zero-order chi connectivity index (χ0) is 13.1. The largest absolute Gasteiger partial charge is 0.479 e. The van der Waals surface area contributed by atoms with Gasteiger partial charge in [-0.3, -0.25) is 0 Å². The van der Waals surface area contributed by atoms with E-state index in [1.807, 2.05) is 0 Å². The lowest BCUT2D eigenvalue weighted by molar-refractivity contribution is -0.149. The third-order valence-electron chi connectivity index (χ3n) is 4.42. The van der Waals surface area contributed by atoms with Gasteiger partial charge in [0.1, 0.15) is 0 Å². The lowest BCUT2D eigenvalue weighted by Crippen LogP contribution is -2.42. The van der Waals surface area contributed by atoms with Gasteiger partial charge < -0.3 is 15.2 Å². The van der Waals surface area contributed by atoms with Crippen molar-refractivity contribution in [3.63, 3.8) is 0 Å². The number of aliphatic carboxylic acids is 1. The van der Waals surface area contributed by atoms with Crippen LogP contribution < -0.4 is 5.32 Å². The summed E-state index contributed by atoms with van der Waals surface area (Å²) < 4.78 is 5.51. The molecule has 1 aliphatic heterocycles. The normalized spacial score (nSPS) is 40.9. The molecular formula is C14H25NO3. The van der Waals surface area contributed by atoms with E-state index in [0.29, 0.717) is 18.4 Å². The van der Waals surface area contributed by atoms with Crippen molar-refractivity contribution in [2.24, 2.45) is 11.8 Å². The lowest BCUT2D eigenvalue weighted by Gasteiger charge is -2.34. The summed E-state index contributed by atoms with van der Waals surface area (Å²) in [5.74, 6) is 0.736. The Kier molecular flexibility index (Phi) is 4.62. The predicted octanol–water partition coefficient (Wildman–Crippen LogP) is 2.03. The van der Waals surface area contributed by atoms with Crippen molar-refractivity contribution in [3.8, 4) is 0 Å². The van der Waals surface area contributed by atoms with Crippen LogP contribution in [0.15, 0.2) is 0 Å². The van der Waals surface area contributed by atoms with Crippen LogP contribution >= 0.6 is 0 Å². The second-order valence-corrected chi connectivity index (χ2v) is 6.07. The van der Waals surface area contributed by atoms with Crippen molar-refractivity contribution in [2.45, 2.75) is 64.2 Å². The van der Waals surface area contributed by atoms with Gasteiger partial charge in [-0.05, 0) is 43.9 Å². The van der Waals surface area contributed by atoms with Crippen molar-refractivity contribution < 1.29 is 14.6 Å². The second-order valence-electron chi connectivity index (χ2n) is 6.07. The van der Waals surface area contributed by atoms with E-state index in [4.69, 9.17) is 9.84 Å². The highest BCUT2D eigenvalue weighted by molar-refractivity contribution is 5.72. The molecule has 1 saturated heterocycles. The van der Waals surface area contributed by atoms with Crippen molar-refractivity contribution >= 4 is 5.97 Å². The number of ether oxygens (including phenoxy) is 1. The highest BCUT2D eigenvalue weighted by Crippen LogP contribution is 2.29. The minimum Gasteiger partial charge on any atom is -0.479 e. The highest BCUT2D eigenvalue weighted by atomic mass is 16.5. The molecule has 0 aromatic carbocycles. The van der Waals surface area contributed by atoms with Gasteiger partial charge in [-0.15, -0.1) is 0 Å². The Labute approximate surface area is 109 Å². The Morgan fingerprint density at radius 3 is 2.67 bits per heavy atom. The molecule has 1 aliphatic carbocycles. The Bertz CT molecular complexity index is 295. The molecule has 4 nitrogen and oxygen atoms in total. The number of carboxylic acid groups (broad SMARTS) is 1. The topological polar surface area (TPSA) is 58.6 Å². The number of hydrogen-bond donors (Lipinski definition) is 2. The van der Waals surface area contributed by atoms with Crippen LogP contribution in [0, 0.1) is 11.8 Å². The fourth-order valence-electron chi connectivity index (χ4n) is 3.29. The monoisotopic (exact) mass is 255 g/mol. The summed E-state index contributed by atoms with van der Waals surface area (Å²) >= 11 is 0. The molecule has 0 bridgehead atoms. The van der Waals surface area contributed by atoms with Gasteiger partial charge >= 0.3 is 5.97 Å². The molecule has 5 atom stereocenters. The first-order chi connectivity index (χ1) is 8.56. The van der Waals surface area contributed by atoms with Crippen LogP contribution in [0.4, 0.5) is 0 Å². The van der Waals surface area contributed by atoms with E-state index in [1.54, 1.807) is 0 Å². The zero-order valence-corrected chi connectivity index (χ0v) is 11.4. The smallest absolute Gasteiger partial charge is 0.332 e. The van der Waals surface area contributed by atoms with Crippen LogP contribution in [-0.2, 0) is 9.53 Å². The zero-order valence-electron chi connectivity index (χ0n) is 11.4. The van der Waals surface area contributed by atoms with Crippen molar-refractivity contribution in [1.82, 2.24) is 5.32 Å². The maximum absolute atomic E-state index is 10.8. The molecule has 2 aliphatic rings. The first kappa shape index (κ1) is 13.8. The summed E-state index contributed by atoms with van der Waals surface area (Å²) in [6, 6.07) is 0.577. The highest BCUT2D eigenvalue weighted by Gasteiger charge is 2.31. The summed E-state index contributed by atoms with van der Waals surface area (Å²) in [5.41, 5.74) is 0. The molecule has 2 fully saturated rings. The van der Waals surface area contributed by atoms with Crippen LogP contribution in [0.5, 0.6) is 0 Å². The Morgan fingerprint density at radius 1 is 1.28 bits per heavy atom. The van der Waals surface area contributed by atoms with Crippen molar-refractivity contribution in [2.75, 3.05) is 6.54 Å². The fraction of sp³-hybridized carbons (Fsp3) is 0.929. The Hall–Kier alpha value is -0.610. The molecule has 5 unspecified atom stereocenters. The molecule has 0 radical (unpaired) electrons. The van der Waals surface area contributed by atoms with E-state index in [9.17, 15) is 4.79 Å². The maximum Gasteiger partial charge on any atom is 0.332 e. The molecule has 18 heavy (non-hydrogen) atoms. The molecule has 0 spiro atoms. The van der Waals surface area contributed by atoms with Crippen LogP contribution in [0.3, 0.4) is 0 Å². The first-order valence-electron chi connectivity index (χ1n) is 7.18. The van der Waals surface area contributed by atoms with Gasteiger partial charge in [0.15, 0.2) is 6.10 Å². The summed E-state index contributed by atoms with van der Waals surface area (Å²) in [4.78, 5) is 10.8. The molecule has 0 aromatic rings. The standard InChI is InChI=1S/C14H25NO3/c1-9-3-5-12(10(2)7-9)15-8-11-4-6-13(18-11)14(16)17/h9-13,15H,3-8H2,1-2H3,(H,16,17). The van der Waals surface area contributed by atoms with Gasteiger partial charge in [-0.25, -0.2) is 4.79 Å². The molecular weight excluding hydrogens is 230 g/mol. The maximum atomic E-state index is 10.8. The van der Waals surface area contributed by atoms with E-state index >= 15 is 0 Å². The second kappa shape index (κ2) is 6.02. The number of carboxylic acids is 1. The van der Waals surface area contributed by atoms with E-state index in [0.717, 1.165) is 18.9 Å². The summed E-state index contributed by atoms with van der Waals surface area (Å²) in [6.45, 7) is 5.43. The number of nitrogens with one attached hydrogen (secondary N) is 1. The molecule has 2 N–H and O–H groups in total. The van der Waals surface area contributed by atoms with Gasteiger partial charge in [0, 0.05) is 12.6 Å². The molecule has 0 amide bonds. The fourth-order valence-corrected chi connectivity index (χ4v) is 3.29. The molecule has 104 valence electrons. The number of rotatable bonds is 4. The van der Waals surface area contributed by atoms with E-state index in [-0.39, 0.29) is 6.10 Å². The van der Waals surface area contributed by atoms with Gasteiger partial charge in [-0.2, -0.15) is 0 Å². The lowest BCUT2D eigenvalue weighted by atomic mass is 9.80. The molecule has 2 rings (SSSR count). The Morgan fingerprint density at radius 2 is 2.06 bits per heavy atom. The Balaban J connectivity index is 1.71. The first-order valence-corrected chi connectivity index (χ1v) is 7.18. The molecule has 1 saturated carbocycles. The SMILES string of the molecule is CC1CCC(NCC2CCC(C(=O)O)O2)C(C)C1. The average molecular weight is 255 g/mol. The van der Waals surface area contributed by atoms with Gasteiger partial charge in [0.2, 0.25) is 0 Å². The quantitative estimate of drug-likeness (QED) is 0.807. The minimum atomic E-state index is -0.822. The minimum absolute atomic E-state index is 0.0812. The molecule has 0 aromatic heterocycles. The predicted molar refractivity (Wildman–Crippen MR) is 69.5 cm³/mol. The summed E-state index contributed by atoms with van der Waals surface area (Å²) in [7, 11) is 0. The van der Waals surface area contributed by atoms with Crippen LogP contribution in [0.25, 0.3) is 0 Å². The van der Waals surface area contributed by atoms with Gasteiger partial charge in [-0.1, -0.05) is 13.8 Å². The van der Waals surface area contributed by atoms with Crippen molar-refractivity contribution in [3.05, 3.63) is 0 Å².